The number of hydrogen-bond acceptors (Lipinski definition) is 4. The topological polar surface area (TPSA) is 64.7 Å². The number of piperazine rings is 1. The monoisotopic (exact) mass is 586 g/mol. The van der Waals surface area contributed by atoms with Crippen LogP contribution >= 0.6 is 0 Å². The van der Waals surface area contributed by atoms with Crippen molar-refractivity contribution in [2.24, 2.45) is 0 Å². The van der Waals surface area contributed by atoms with E-state index in [1.54, 1.807) is 24.3 Å². The number of benzene rings is 4. The fourth-order valence-corrected chi connectivity index (χ4v) is 5.40. The molecule has 2 amide bonds. The normalized spacial score (nSPS) is 14.7. The van der Waals surface area contributed by atoms with Crippen molar-refractivity contribution in [3.8, 4) is 11.1 Å². The lowest BCUT2D eigenvalue weighted by Gasteiger charge is -2.39. The van der Waals surface area contributed by atoms with E-state index in [1.807, 2.05) is 61.5 Å². The number of nitrogens with zero attached hydrogens (tertiary/aromatic N) is 2. The van der Waals surface area contributed by atoms with Crippen LogP contribution in [0.4, 0.5) is 24.5 Å². The SMILES string of the molecule is CCNC(=O)C(c1ccccc1)N1CCN(c2ccc(NC(=O)c3ccccc3-c3ccc(C(F)(F)F)cc3)cc2)CC1. The van der Waals surface area contributed by atoms with E-state index in [9.17, 15) is 22.8 Å². The van der Waals surface area contributed by atoms with Gasteiger partial charge in [0, 0.05) is 49.7 Å². The fourth-order valence-electron chi connectivity index (χ4n) is 5.40. The van der Waals surface area contributed by atoms with Gasteiger partial charge in [-0.2, -0.15) is 13.2 Å². The zero-order valence-corrected chi connectivity index (χ0v) is 23.8. The van der Waals surface area contributed by atoms with Crippen molar-refractivity contribution >= 4 is 23.2 Å². The average Bonchev–Trinajstić information content (AvgIpc) is 3.02. The molecule has 1 atom stereocenters. The molecule has 0 spiro atoms. The molecule has 43 heavy (non-hydrogen) atoms. The summed E-state index contributed by atoms with van der Waals surface area (Å²) in [4.78, 5) is 30.6. The Bertz CT molecular complexity index is 1530. The van der Waals surface area contributed by atoms with Crippen LogP contribution in [0.5, 0.6) is 0 Å². The van der Waals surface area contributed by atoms with Crippen molar-refractivity contribution in [1.29, 1.82) is 0 Å². The van der Waals surface area contributed by atoms with E-state index in [0.29, 0.717) is 28.9 Å². The van der Waals surface area contributed by atoms with Crippen LogP contribution in [-0.4, -0.2) is 49.4 Å². The van der Waals surface area contributed by atoms with Gasteiger partial charge in [0.2, 0.25) is 5.91 Å². The summed E-state index contributed by atoms with van der Waals surface area (Å²) in [6, 6.07) is 28.7. The van der Waals surface area contributed by atoms with Crippen LogP contribution < -0.4 is 15.5 Å². The highest BCUT2D eigenvalue weighted by molar-refractivity contribution is 6.08. The van der Waals surface area contributed by atoms with Gasteiger partial charge in [-0.15, -0.1) is 0 Å². The maximum atomic E-state index is 13.2. The second kappa shape index (κ2) is 13.1. The first-order valence-corrected chi connectivity index (χ1v) is 14.2. The fraction of sp³-hybridized carbons (Fsp3) is 0.235. The number of hydrogen-bond donors (Lipinski definition) is 2. The van der Waals surface area contributed by atoms with Crippen LogP contribution in [0.25, 0.3) is 11.1 Å². The summed E-state index contributed by atoms with van der Waals surface area (Å²) in [6.45, 7) is 5.42. The first kappa shape index (κ1) is 29.8. The van der Waals surface area contributed by atoms with E-state index in [2.05, 4.69) is 20.4 Å². The molecule has 1 heterocycles. The smallest absolute Gasteiger partial charge is 0.369 e. The molecular weight excluding hydrogens is 553 g/mol. The van der Waals surface area contributed by atoms with Gasteiger partial charge in [-0.05, 0) is 66.1 Å². The lowest BCUT2D eigenvalue weighted by atomic mass is 9.98. The van der Waals surface area contributed by atoms with Gasteiger partial charge in [0.25, 0.3) is 5.91 Å². The molecule has 1 fully saturated rings. The first-order valence-electron chi connectivity index (χ1n) is 14.2. The minimum Gasteiger partial charge on any atom is -0.369 e. The van der Waals surface area contributed by atoms with E-state index in [1.165, 1.54) is 12.1 Å². The minimum atomic E-state index is -4.43. The van der Waals surface area contributed by atoms with Gasteiger partial charge in [-0.25, -0.2) is 0 Å². The van der Waals surface area contributed by atoms with Crippen LogP contribution in [0, 0.1) is 0 Å². The summed E-state index contributed by atoms with van der Waals surface area (Å²) in [5, 5.41) is 5.88. The molecule has 0 bridgehead atoms. The van der Waals surface area contributed by atoms with Crippen molar-refractivity contribution in [3.05, 3.63) is 120 Å². The lowest BCUT2D eigenvalue weighted by Crippen LogP contribution is -2.51. The molecule has 0 saturated carbocycles. The van der Waals surface area contributed by atoms with E-state index in [0.717, 1.165) is 49.6 Å². The summed E-state index contributed by atoms with van der Waals surface area (Å²) >= 11 is 0. The highest BCUT2D eigenvalue weighted by Gasteiger charge is 2.31. The predicted octanol–water partition coefficient (Wildman–Crippen LogP) is 6.62. The van der Waals surface area contributed by atoms with Gasteiger partial charge >= 0.3 is 6.18 Å². The second-order valence-electron chi connectivity index (χ2n) is 10.4. The van der Waals surface area contributed by atoms with Crippen LogP contribution in [0.1, 0.15) is 34.5 Å². The number of carbonyl (C=O) groups excluding carboxylic acids is 2. The van der Waals surface area contributed by atoms with Crippen molar-refractivity contribution in [2.75, 3.05) is 42.9 Å². The number of rotatable bonds is 8. The molecule has 222 valence electrons. The molecule has 0 aliphatic carbocycles. The molecule has 2 N–H and O–H groups in total. The van der Waals surface area contributed by atoms with Crippen molar-refractivity contribution in [2.45, 2.75) is 19.1 Å². The second-order valence-corrected chi connectivity index (χ2v) is 10.4. The Kier molecular flexibility index (Phi) is 9.11. The van der Waals surface area contributed by atoms with E-state index >= 15 is 0 Å². The quantitative estimate of drug-likeness (QED) is 0.244. The molecule has 0 radical (unpaired) electrons. The Balaban J connectivity index is 1.23. The van der Waals surface area contributed by atoms with Gasteiger partial charge in [-0.3, -0.25) is 14.5 Å². The third-order valence-corrected chi connectivity index (χ3v) is 7.58. The highest BCUT2D eigenvalue weighted by Crippen LogP contribution is 2.32. The zero-order chi connectivity index (χ0) is 30.4. The third kappa shape index (κ3) is 7.06. The standard InChI is InChI=1S/C34H33F3N4O2/c1-2-38-33(43)31(25-8-4-3-5-9-25)41-22-20-40(21-23-41)28-18-16-27(17-19-28)39-32(42)30-11-7-6-10-29(30)24-12-14-26(15-13-24)34(35,36)37/h3-19,31H,2,20-23H2,1H3,(H,38,43)(H,39,42). The van der Waals surface area contributed by atoms with Gasteiger partial charge in [0.05, 0.1) is 5.56 Å². The molecule has 1 aliphatic rings. The van der Waals surface area contributed by atoms with Crippen LogP contribution in [0.3, 0.4) is 0 Å². The number of carbonyl (C=O) groups is 2. The Morgan fingerprint density at radius 1 is 0.791 bits per heavy atom. The molecule has 6 nitrogen and oxygen atoms in total. The number of alkyl halides is 3. The Morgan fingerprint density at radius 2 is 1.42 bits per heavy atom. The molecule has 1 aliphatic heterocycles. The molecule has 1 saturated heterocycles. The van der Waals surface area contributed by atoms with E-state index in [4.69, 9.17) is 0 Å². The molecule has 9 heteroatoms. The predicted molar refractivity (Wildman–Crippen MR) is 163 cm³/mol. The summed E-state index contributed by atoms with van der Waals surface area (Å²) < 4.78 is 39.0. The third-order valence-electron chi connectivity index (χ3n) is 7.58. The highest BCUT2D eigenvalue weighted by atomic mass is 19.4. The van der Waals surface area contributed by atoms with Gasteiger partial charge in [0.15, 0.2) is 0 Å². The molecule has 0 aromatic heterocycles. The summed E-state index contributed by atoms with van der Waals surface area (Å²) in [5.74, 6) is -0.351. The maximum Gasteiger partial charge on any atom is 0.416 e. The van der Waals surface area contributed by atoms with Crippen LogP contribution in [0.15, 0.2) is 103 Å². The number of halogens is 3. The number of amides is 2. The van der Waals surface area contributed by atoms with Gasteiger partial charge in [0.1, 0.15) is 6.04 Å². The average molecular weight is 587 g/mol. The lowest BCUT2D eigenvalue weighted by molar-refractivity contribution is -0.137. The number of anilines is 2. The minimum absolute atomic E-state index is 0.00198. The van der Waals surface area contributed by atoms with E-state index in [-0.39, 0.29) is 17.9 Å². The largest absolute Gasteiger partial charge is 0.416 e. The summed E-state index contributed by atoms with van der Waals surface area (Å²) in [5.41, 5.74) is 3.29. The number of nitrogens with one attached hydrogen (secondary N) is 2. The van der Waals surface area contributed by atoms with Crippen molar-refractivity contribution in [1.82, 2.24) is 10.2 Å². The van der Waals surface area contributed by atoms with Gasteiger partial charge < -0.3 is 15.5 Å². The van der Waals surface area contributed by atoms with Crippen molar-refractivity contribution in [3.63, 3.8) is 0 Å². The van der Waals surface area contributed by atoms with Crippen LogP contribution in [0.2, 0.25) is 0 Å². The van der Waals surface area contributed by atoms with Crippen molar-refractivity contribution < 1.29 is 22.8 Å². The van der Waals surface area contributed by atoms with E-state index < -0.39 is 11.7 Å². The Labute approximate surface area is 249 Å². The molecule has 5 rings (SSSR count). The first-order chi connectivity index (χ1) is 20.7. The molecular formula is C34H33F3N4O2. The number of likely N-dealkylation sites (N-methyl/N-ethyl adjacent to an activating group) is 1. The van der Waals surface area contributed by atoms with Crippen LogP contribution in [-0.2, 0) is 11.0 Å². The molecule has 4 aromatic rings. The summed E-state index contributed by atoms with van der Waals surface area (Å²) in [7, 11) is 0. The Hall–Kier alpha value is -4.63. The van der Waals surface area contributed by atoms with Gasteiger partial charge in [-0.1, -0.05) is 60.7 Å². The maximum absolute atomic E-state index is 13.2. The molecule has 1 unspecified atom stereocenters. The Morgan fingerprint density at radius 3 is 2.05 bits per heavy atom. The zero-order valence-electron chi connectivity index (χ0n) is 23.8. The molecule has 4 aromatic carbocycles. The summed E-state index contributed by atoms with van der Waals surface area (Å²) in [6.07, 6.45) is -4.43.